The number of nitrogens with one attached hydrogen (secondary N) is 1. The summed E-state index contributed by atoms with van der Waals surface area (Å²) in [6, 6.07) is 8.45. The topological polar surface area (TPSA) is 97.8 Å². The van der Waals surface area contributed by atoms with E-state index in [0.717, 1.165) is 5.39 Å². The van der Waals surface area contributed by atoms with Crippen molar-refractivity contribution in [3.05, 3.63) is 42.1 Å². The molecule has 0 radical (unpaired) electrons. The van der Waals surface area contributed by atoms with Gasteiger partial charge in [-0.15, -0.1) is 0 Å². The lowest BCUT2D eigenvalue weighted by Gasteiger charge is -2.29. The average Bonchev–Trinajstić information content (AvgIpc) is 2.46. The third-order valence-electron chi connectivity index (χ3n) is 3.18. The number of esters is 2. The van der Waals surface area contributed by atoms with E-state index in [9.17, 15) is 14.7 Å². The van der Waals surface area contributed by atoms with Gasteiger partial charge in [0.15, 0.2) is 5.57 Å². The van der Waals surface area contributed by atoms with Gasteiger partial charge in [-0.2, -0.15) is 0 Å². The van der Waals surface area contributed by atoms with Crippen LogP contribution >= 0.6 is 0 Å². The standard InChI is InChI=1S/C16H14N2O5/c1-16(2)22-14(20)10(15(21)23-16)8-17-12-7-6-9-4-3-5-11(19)13(9)18-12/h3-8,19H,1-2H3,(H,17,18). The molecule has 0 saturated carbocycles. The number of para-hydroxylation sites is 1. The third-order valence-corrected chi connectivity index (χ3v) is 3.18. The smallest absolute Gasteiger partial charge is 0.350 e. The van der Waals surface area contributed by atoms with E-state index in [1.807, 2.05) is 6.07 Å². The van der Waals surface area contributed by atoms with Crippen LogP contribution in [0.1, 0.15) is 13.8 Å². The number of aromatic nitrogens is 1. The van der Waals surface area contributed by atoms with Crippen LogP contribution in [0, 0.1) is 0 Å². The van der Waals surface area contributed by atoms with Crippen molar-refractivity contribution in [1.82, 2.24) is 4.98 Å². The number of rotatable bonds is 2. The van der Waals surface area contributed by atoms with Gasteiger partial charge in [0.2, 0.25) is 0 Å². The van der Waals surface area contributed by atoms with Gasteiger partial charge < -0.3 is 19.9 Å². The molecule has 2 heterocycles. The molecule has 1 aromatic carbocycles. The van der Waals surface area contributed by atoms with Crippen LogP contribution in [0.4, 0.5) is 5.82 Å². The van der Waals surface area contributed by atoms with Crippen LogP contribution < -0.4 is 5.32 Å². The highest BCUT2D eigenvalue weighted by Gasteiger charge is 2.38. The molecule has 0 amide bonds. The first-order valence-electron chi connectivity index (χ1n) is 6.88. The summed E-state index contributed by atoms with van der Waals surface area (Å²) in [4.78, 5) is 27.9. The number of phenolic OH excluding ortho intramolecular Hbond substituents is 1. The number of nitrogens with zero attached hydrogens (tertiary/aromatic N) is 1. The van der Waals surface area contributed by atoms with Crippen LogP contribution in [-0.4, -0.2) is 27.8 Å². The number of cyclic esters (lactones) is 2. The predicted molar refractivity (Wildman–Crippen MR) is 81.4 cm³/mol. The maximum Gasteiger partial charge on any atom is 0.350 e. The maximum absolute atomic E-state index is 11.8. The highest BCUT2D eigenvalue weighted by Crippen LogP contribution is 2.25. The Balaban J connectivity index is 1.86. The molecule has 1 aliphatic rings. The molecular weight excluding hydrogens is 300 g/mol. The number of phenols is 1. The molecule has 2 N–H and O–H groups in total. The molecule has 1 aromatic heterocycles. The molecule has 0 aliphatic carbocycles. The quantitative estimate of drug-likeness (QED) is 0.497. The highest BCUT2D eigenvalue weighted by atomic mass is 16.7. The van der Waals surface area contributed by atoms with Crippen LogP contribution in [0.3, 0.4) is 0 Å². The van der Waals surface area contributed by atoms with Gasteiger partial charge in [0.25, 0.3) is 5.79 Å². The zero-order valence-corrected chi connectivity index (χ0v) is 12.5. The Morgan fingerprint density at radius 2 is 1.83 bits per heavy atom. The fourth-order valence-electron chi connectivity index (χ4n) is 2.14. The van der Waals surface area contributed by atoms with Crippen molar-refractivity contribution in [3.8, 4) is 5.75 Å². The zero-order valence-electron chi connectivity index (χ0n) is 12.5. The normalized spacial score (nSPS) is 16.7. The molecule has 1 fully saturated rings. The molecule has 23 heavy (non-hydrogen) atoms. The first kappa shape index (κ1) is 14.8. The number of hydrogen-bond acceptors (Lipinski definition) is 7. The summed E-state index contributed by atoms with van der Waals surface area (Å²) >= 11 is 0. The van der Waals surface area contributed by atoms with E-state index in [1.165, 1.54) is 26.1 Å². The van der Waals surface area contributed by atoms with Crippen LogP contribution in [0.5, 0.6) is 5.75 Å². The minimum atomic E-state index is -1.28. The zero-order chi connectivity index (χ0) is 16.6. The Bertz CT molecular complexity index is 819. The Labute approximate surface area is 131 Å². The Hall–Kier alpha value is -3.09. The minimum Gasteiger partial charge on any atom is -0.506 e. The number of hydrogen-bond donors (Lipinski definition) is 2. The molecule has 2 aromatic rings. The molecule has 0 atom stereocenters. The number of fused-ring (bicyclic) bond motifs is 1. The summed E-state index contributed by atoms with van der Waals surface area (Å²) in [5.41, 5.74) is 0.148. The van der Waals surface area contributed by atoms with Gasteiger partial charge in [0, 0.05) is 25.4 Å². The number of pyridine rings is 1. The summed E-state index contributed by atoms with van der Waals surface area (Å²) in [6.07, 6.45) is 1.17. The summed E-state index contributed by atoms with van der Waals surface area (Å²) in [6.45, 7) is 2.95. The van der Waals surface area contributed by atoms with Crippen molar-refractivity contribution >= 4 is 28.7 Å². The van der Waals surface area contributed by atoms with Gasteiger partial charge >= 0.3 is 11.9 Å². The first-order chi connectivity index (χ1) is 10.9. The van der Waals surface area contributed by atoms with Crippen LogP contribution in [0.2, 0.25) is 0 Å². The van der Waals surface area contributed by atoms with Crippen molar-refractivity contribution < 1.29 is 24.2 Å². The number of benzene rings is 1. The second kappa shape index (κ2) is 5.28. The van der Waals surface area contributed by atoms with E-state index in [-0.39, 0.29) is 11.3 Å². The van der Waals surface area contributed by atoms with Gasteiger partial charge in [-0.1, -0.05) is 12.1 Å². The second-order valence-corrected chi connectivity index (χ2v) is 5.43. The molecular formula is C16H14N2O5. The predicted octanol–water partition coefficient (Wildman–Crippen LogP) is 2.07. The second-order valence-electron chi connectivity index (χ2n) is 5.43. The lowest BCUT2D eigenvalue weighted by atomic mass is 10.2. The SMILES string of the molecule is CC1(C)OC(=O)C(=CNc2ccc3cccc(O)c3n2)C(=O)O1. The van der Waals surface area contributed by atoms with Crippen molar-refractivity contribution in [2.75, 3.05) is 5.32 Å². The van der Waals surface area contributed by atoms with E-state index in [1.54, 1.807) is 18.2 Å². The van der Waals surface area contributed by atoms with Gasteiger partial charge in [-0.25, -0.2) is 14.6 Å². The third kappa shape index (κ3) is 2.94. The van der Waals surface area contributed by atoms with Gasteiger partial charge in [0.05, 0.1) is 0 Å². The van der Waals surface area contributed by atoms with E-state index in [4.69, 9.17) is 9.47 Å². The number of aromatic hydroxyl groups is 1. The fourth-order valence-corrected chi connectivity index (χ4v) is 2.14. The first-order valence-corrected chi connectivity index (χ1v) is 6.88. The van der Waals surface area contributed by atoms with Gasteiger partial charge in [-0.05, 0) is 18.2 Å². The molecule has 7 heteroatoms. The molecule has 0 bridgehead atoms. The number of carbonyl (C=O) groups excluding carboxylic acids is 2. The average molecular weight is 314 g/mol. The molecule has 0 unspecified atom stereocenters. The molecule has 118 valence electrons. The largest absolute Gasteiger partial charge is 0.506 e. The molecule has 1 saturated heterocycles. The van der Waals surface area contributed by atoms with E-state index >= 15 is 0 Å². The monoisotopic (exact) mass is 314 g/mol. The molecule has 1 aliphatic heterocycles. The van der Waals surface area contributed by atoms with E-state index in [2.05, 4.69) is 10.3 Å². The Morgan fingerprint density at radius 3 is 2.52 bits per heavy atom. The summed E-state index contributed by atoms with van der Waals surface area (Å²) in [5, 5.41) is 13.3. The van der Waals surface area contributed by atoms with Crippen LogP contribution in [0.25, 0.3) is 10.9 Å². The summed E-state index contributed by atoms with van der Waals surface area (Å²) in [7, 11) is 0. The van der Waals surface area contributed by atoms with Crippen molar-refractivity contribution in [1.29, 1.82) is 0 Å². The Kier molecular flexibility index (Phi) is 3.40. The number of ether oxygens (including phenoxy) is 2. The molecule has 0 spiro atoms. The van der Waals surface area contributed by atoms with E-state index < -0.39 is 17.7 Å². The fraction of sp³-hybridized carbons (Fsp3) is 0.188. The molecule has 7 nitrogen and oxygen atoms in total. The number of anilines is 1. The van der Waals surface area contributed by atoms with Crippen LogP contribution in [-0.2, 0) is 19.1 Å². The lowest BCUT2D eigenvalue weighted by Crippen LogP contribution is -2.42. The summed E-state index contributed by atoms with van der Waals surface area (Å²) < 4.78 is 9.97. The van der Waals surface area contributed by atoms with Crippen LogP contribution in [0.15, 0.2) is 42.1 Å². The molecule has 3 rings (SSSR count). The summed E-state index contributed by atoms with van der Waals surface area (Å²) in [5.74, 6) is -2.43. The van der Waals surface area contributed by atoms with E-state index in [0.29, 0.717) is 11.3 Å². The maximum atomic E-state index is 11.8. The van der Waals surface area contributed by atoms with Gasteiger partial charge in [-0.3, -0.25) is 0 Å². The number of carbonyl (C=O) groups is 2. The van der Waals surface area contributed by atoms with Crippen molar-refractivity contribution in [2.45, 2.75) is 19.6 Å². The van der Waals surface area contributed by atoms with Crippen molar-refractivity contribution in [2.24, 2.45) is 0 Å². The van der Waals surface area contributed by atoms with Gasteiger partial charge in [0.1, 0.15) is 17.1 Å². The highest BCUT2D eigenvalue weighted by molar-refractivity contribution is 6.15. The minimum absolute atomic E-state index is 0.0389. The Morgan fingerprint density at radius 1 is 1.13 bits per heavy atom. The van der Waals surface area contributed by atoms with Crippen molar-refractivity contribution in [3.63, 3.8) is 0 Å². The lowest BCUT2D eigenvalue weighted by molar-refractivity contribution is -0.222.